The predicted octanol–water partition coefficient (Wildman–Crippen LogP) is -10.5. The fraction of sp³-hybridized carbons (Fsp3) is 1.00. The minimum Gasteiger partial charge on any atom is -1.00 e. The molecule has 6 heavy (non-hydrogen) atoms. The molecule has 5 heteroatoms. The predicted molar refractivity (Wildman–Crippen MR) is 14.6 cm³/mol. The third-order valence-electron chi connectivity index (χ3n) is 0. The van der Waals surface area contributed by atoms with Crippen LogP contribution in [-0.2, 0) is 0 Å². The molecular formula is CH6Cl3NPb. The van der Waals surface area contributed by atoms with Crippen molar-refractivity contribution in [2.45, 2.75) is 0 Å². The Kier molecular flexibility index (Phi) is 566. The average molecular weight is 346 g/mol. The van der Waals surface area contributed by atoms with Crippen molar-refractivity contribution < 1.29 is 43.0 Å². The summed E-state index contributed by atoms with van der Waals surface area (Å²) < 4.78 is 0. The monoisotopic (exact) mass is 345 g/mol. The first-order valence-corrected chi connectivity index (χ1v) is 0.707. The fourth-order valence-electron chi connectivity index (χ4n) is 0. The van der Waals surface area contributed by atoms with Gasteiger partial charge in [-0.15, -0.1) is 0 Å². The van der Waals surface area contributed by atoms with Crippen molar-refractivity contribution in [1.82, 2.24) is 0 Å². The molecule has 0 saturated heterocycles. The Balaban J connectivity index is -0.000000000833. The number of hydrogen-bond donors (Lipinski definition) is 1. The van der Waals surface area contributed by atoms with Crippen LogP contribution in [0.15, 0.2) is 0 Å². The molecule has 40 valence electrons. The van der Waals surface area contributed by atoms with E-state index < -0.39 is 0 Å². The molecule has 2 radical (unpaired) electrons. The van der Waals surface area contributed by atoms with Crippen LogP contribution >= 0.6 is 0 Å². The zero-order valence-corrected chi connectivity index (χ0v) is 9.50. The van der Waals surface area contributed by atoms with Gasteiger partial charge in [-0.05, 0) is 0 Å². The molecule has 0 bridgehead atoms. The Bertz CT molecular complexity index is 10.8. The van der Waals surface area contributed by atoms with Crippen molar-refractivity contribution in [2.75, 3.05) is 7.05 Å². The quantitative estimate of drug-likeness (QED) is 0.423. The summed E-state index contributed by atoms with van der Waals surface area (Å²) in [4.78, 5) is 0. The van der Waals surface area contributed by atoms with Crippen molar-refractivity contribution in [3.8, 4) is 0 Å². The Morgan fingerprint density at radius 3 is 0.833 bits per heavy atom. The first-order chi connectivity index (χ1) is 1.00. The summed E-state index contributed by atoms with van der Waals surface area (Å²) in [6.45, 7) is 0. The van der Waals surface area contributed by atoms with Gasteiger partial charge in [-0.3, -0.25) is 0 Å². The summed E-state index contributed by atoms with van der Waals surface area (Å²) >= 11 is 0. The smallest absolute Gasteiger partial charge is 1.00 e. The van der Waals surface area contributed by atoms with Crippen LogP contribution in [0.3, 0.4) is 0 Å². The summed E-state index contributed by atoms with van der Waals surface area (Å²) in [5, 5.41) is 0. The number of quaternary nitrogens is 1. The van der Waals surface area contributed by atoms with E-state index in [1.165, 1.54) is 0 Å². The van der Waals surface area contributed by atoms with Crippen molar-refractivity contribution in [3.05, 3.63) is 0 Å². The molecule has 0 unspecified atom stereocenters. The zero-order chi connectivity index (χ0) is 2.00. The molecule has 0 aliphatic rings. The van der Waals surface area contributed by atoms with Crippen LogP contribution < -0.4 is 43.0 Å². The summed E-state index contributed by atoms with van der Waals surface area (Å²) in [6.07, 6.45) is 0. The van der Waals surface area contributed by atoms with Crippen LogP contribution in [0.4, 0.5) is 0 Å². The van der Waals surface area contributed by atoms with Crippen LogP contribution in [0.5, 0.6) is 0 Å². The van der Waals surface area contributed by atoms with Gasteiger partial charge in [0.25, 0.3) is 0 Å². The fourth-order valence-corrected chi connectivity index (χ4v) is 0. The molecule has 0 heterocycles. The van der Waals surface area contributed by atoms with Gasteiger partial charge in [0.2, 0.25) is 0 Å². The Morgan fingerprint density at radius 1 is 0.833 bits per heavy atom. The molecule has 0 aliphatic heterocycles. The molecule has 0 saturated carbocycles. The minimum absolute atomic E-state index is 0. The van der Waals surface area contributed by atoms with Crippen molar-refractivity contribution in [1.29, 1.82) is 0 Å². The normalized spacial score (nSPS) is 1.00. The van der Waals surface area contributed by atoms with E-state index in [1.54, 1.807) is 7.05 Å². The number of rotatable bonds is 0. The van der Waals surface area contributed by atoms with Gasteiger partial charge in [0.15, 0.2) is 0 Å². The van der Waals surface area contributed by atoms with E-state index in [4.69, 9.17) is 0 Å². The van der Waals surface area contributed by atoms with Crippen molar-refractivity contribution in [2.24, 2.45) is 0 Å². The standard InChI is InChI=1S/CH5N.3ClH.Pb/c1-2;;;;/h2H2,1H3;3*1H;/q;;;;+2/p-2. The second-order valence-electron chi connectivity index (χ2n) is 0. The van der Waals surface area contributed by atoms with Gasteiger partial charge in [-0.25, -0.2) is 0 Å². The molecule has 0 fully saturated rings. The topological polar surface area (TPSA) is 27.6 Å². The SMILES string of the molecule is C[NH3+].[Cl-].[Cl-].[Cl-].[Pb+2]. The molecular weight excluding hydrogens is 340 g/mol. The van der Waals surface area contributed by atoms with E-state index >= 15 is 0 Å². The maximum Gasteiger partial charge on any atom is 2.00 e. The van der Waals surface area contributed by atoms with Crippen molar-refractivity contribution in [3.63, 3.8) is 0 Å². The van der Waals surface area contributed by atoms with Gasteiger partial charge in [0, 0.05) is 0 Å². The van der Waals surface area contributed by atoms with Crippen LogP contribution in [0, 0.1) is 0 Å². The molecule has 0 amide bonds. The average Bonchev–Trinajstić information content (AvgIpc) is 1.00. The Hall–Kier alpha value is 1.75. The molecule has 0 aromatic heterocycles. The second kappa shape index (κ2) is 72.8. The van der Waals surface area contributed by atoms with Crippen LogP contribution in [-0.4, -0.2) is 34.3 Å². The summed E-state index contributed by atoms with van der Waals surface area (Å²) in [6, 6.07) is 0. The van der Waals surface area contributed by atoms with E-state index in [0.29, 0.717) is 0 Å². The van der Waals surface area contributed by atoms with Gasteiger partial charge >= 0.3 is 27.3 Å². The Labute approximate surface area is 76.8 Å². The van der Waals surface area contributed by atoms with E-state index in [2.05, 4.69) is 5.73 Å². The van der Waals surface area contributed by atoms with Gasteiger partial charge < -0.3 is 43.0 Å². The maximum atomic E-state index is 3.25. The van der Waals surface area contributed by atoms with Gasteiger partial charge in [-0.1, -0.05) is 0 Å². The maximum absolute atomic E-state index is 3.25. The van der Waals surface area contributed by atoms with Gasteiger partial charge in [0.05, 0.1) is 7.05 Å². The largest absolute Gasteiger partial charge is 2.00 e. The Morgan fingerprint density at radius 2 is 0.833 bits per heavy atom. The molecule has 0 rings (SSSR count). The molecule has 0 aliphatic carbocycles. The summed E-state index contributed by atoms with van der Waals surface area (Å²) in [5.41, 5.74) is 3.25. The summed E-state index contributed by atoms with van der Waals surface area (Å²) in [5.74, 6) is 0. The van der Waals surface area contributed by atoms with E-state index in [0.717, 1.165) is 0 Å². The molecule has 0 aromatic rings. The second-order valence-corrected chi connectivity index (χ2v) is 0. The van der Waals surface area contributed by atoms with Crippen LogP contribution in [0.25, 0.3) is 0 Å². The third kappa shape index (κ3) is 42.3. The van der Waals surface area contributed by atoms with Crippen LogP contribution in [0.1, 0.15) is 0 Å². The first-order valence-electron chi connectivity index (χ1n) is 0.707. The zero-order valence-electron chi connectivity index (χ0n) is 3.34. The van der Waals surface area contributed by atoms with Crippen LogP contribution in [0.2, 0.25) is 0 Å². The van der Waals surface area contributed by atoms with E-state index in [1.807, 2.05) is 0 Å². The van der Waals surface area contributed by atoms with Crippen molar-refractivity contribution >= 4 is 27.3 Å². The summed E-state index contributed by atoms with van der Waals surface area (Å²) in [7, 11) is 1.75. The molecule has 0 spiro atoms. The molecule has 0 aromatic carbocycles. The first kappa shape index (κ1) is 46.7. The number of halogens is 3. The van der Waals surface area contributed by atoms with E-state index in [9.17, 15) is 0 Å². The van der Waals surface area contributed by atoms with Gasteiger partial charge in [0.1, 0.15) is 0 Å². The minimum atomic E-state index is 0. The molecule has 1 nitrogen and oxygen atoms in total. The van der Waals surface area contributed by atoms with Gasteiger partial charge in [-0.2, -0.15) is 0 Å². The third-order valence-corrected chi connectivity index (χ3v) is 0. The number of hydrogen-bond acceptors (Lipinski definition) is 0. The molecule has 0 atom stereocenters. The molecule has 3 N–H and O–H groups in total. The van der Waals surface area contributed by atoms with E-state index in [-0.39, 0.29) is 64.5 Å².